The van der Waals surface area contributed by atoms with Gasteiger partial charge in [0.25, 0.3) is 0 Å². The molecule has 0 aromatic heterocycles. The third-order valence-corrected chi connectivity index (χ3v) is 4.77. The zero-order valence-corrected chi connectivity index (χ0v) is 16.9. The summed E-state index contributed by atoms with van der Waals surface area (Å²) in [5, 5.41) is 0. The minimum absolute atomic E-state index is 0.152. The molecule has 0 heterocycles. The largest absolute Gasteiger partial charge is 0.468 e. The van der Waals surface area contributed by atoms with Crippen molar-refractivity contribution < 1.29 is 19.1 Å². The minimum atomic E-state index is -0.607. The average molecular weight is 403 g/mol. The molecule has 3 aromatic carbocycles. The maximum Gasteiger partial charge on any atom is 0.410 e. The molecule has 3 rings (SSSR count). The van der Waals surface area contributed by atoms with Gasteiger partial charge in [0, 0.05) is 13.1 Å². The molecule has 1 amide bonds. The number of hydrogen-bond acceptors (Lipinski definition) is 4. The monoisotopic (exact) mass is 403 g/mol. The average Bonchev–Trinajstić information content (AvgIpc) is 2.81. The van der Waals surface area contributed by atoms with Crippen molar-refractivity contribution in [3.8, 4) is 0 Å². The van der Waals surface area contributed by atoms with E-state index < -0.39 is 18.0 Å². The van der Waals surface area contributed by atoms with Crippen molar-refractivity contribution in [3.05, 3.63) is 108 Å². The van der Waals surface area contributed by atoms with Gasteiger partial charge < -0.3 is 14.4 Å². The van der Waals surface area contributed by atoms with Crippen molar-refractivity contribution >= 4 is 12.1 Å². The van der Waals surface area contributed by atoms with Gasteiger partial charge in [-0.15, -0.1) is 0 Å². The molecule has 0 unspecified atom stereocenters. The van der Waals surface area contributed by atoms with Gasteiger partial charge in [-0.05, 0) is 16.7 Å². The van der Waals surface area contributed by atoms with Crippen LogP contribution in [0.3, 0.4) is 0 Å². The van der Waals surface area contributed by atoms with E-state index in [4.69, 9.17) is 9.47 Å². The van der Waals surface area contributed by atoms with Crippen LogP contribution in [0.5, 0.6) is 0 Å². The van der Waals surface area contributed by atoms with Crippen molar-refractivity contribution in [1.82, 2.24) is 4.90 Å². The van der Waals surface area contributed by atoms with E-state index in [0.717, 1.165) is 16.7 Å². The smallest absolute Gasteiger partial charge is 0.410 e. The molecule has 3 aromatic rings. The van der Waals surface area contributed by atoms with E-state index in [1.807, 2.05) is 91.0 Å². The molecule has 0 aliphatic heterocycles. The maximum absolute atomic E-state index is 13.0. The van der Waals surface area contributed by atoms with Crippen LogP contribution in [0, 0.1) is 0 Å². The predicted molar refractivity (Wildman–Crippen MR) is 115 cm³/mol. The number of carbonyl (C=O) groups is 2. The van der Waals surface area contributed by atoms with Gasteiger partial charge in [-0.2, -0.15) is 0 Å². The normalized spacial score (nSPS) is 11.4. The summed E-state index contributed by atoms with van der Waals surface area (Å²) < 4.78 is 10.6. The van der Waals surface area contributed by atoms with Crippen molar-refractivity contribution in [2.24, 2.45) is 0 Å². The van der Waals surface area contributed by atoms with E-state index in [1.165, 1.54) is 7.11 Å². The Hall–Kier alpha value is -3.60. The zero-order chi connectivity index (χ0) is 21.2. The lowest BCUT2D eigenvalue weighted by Crippen LogP contribution is -2.37. The number of benzene rings is 3. The summed E-state index contributed by atoms with van der Waals surface area (Å²) in [6.45, 7) is 0.646. The third-order valence-electron chi connectivity index (χ3n) is 4.77. The number of nitrogens with zero attached hydrogens (tertiary/aromatic N) is 1. The van der Waals surface area contributed by atoms with Crippen LogP contribution in [0.2, 0.25) is 0 Å². The Labute approximate surface area is 176 Å². The highest BCUT2D eigenvalue weighted by molar-refractivity contribution is 5.79. The topological polar surface area (TPSA) is 55.8 Å². The lowest BCUT2D eigenvalue weighted by molar-refractivity contribution is -0.142. The number of amides is 1. The van der Waals surface area contributed by atoms with E-state index in [-0.39, 0.29) is 13.2 Å². The summed E-state index contributed by atoms with van der Waals surface area (Å²) in [5.41, 5.74) is 2.64. The molecular formula is C25H25NO4. The molecule has 5 heteroatoms. The second-order valence-corrected chi connectivity index (χ2v) is 6.89. The summed E-state index contributed by atoms with van der Waals surface area (Å²) in [6.07, 6.45) is -0.479. The van der Waals surface area contributed by atoms with Crippen molar-refractivity contribution in [3.63, 3.8) is 0 Å². The minimum Gasteiger partial charge on any atom is -0.468 e. The van der Waals surface area contributed by atoms with Crippen LogP contribution in [0.1, 0.15) is 22.6 Å². The van der Waals surface area contributed by atoms with Gasteiger partial charge in [0.15, 0.2) is 0 Å². The number of methoxy groups -OCH3 is 1. The summed E-state index contributed by atoms with van der Waals surface area (Å²) in [5.74, 6) is -1.00. The lowest BCUT2D eigenvalue weighted by Gasteiger charge is -2.26. The first-order chi connectivity index (χ1) is 14.7. The van der Waals surface area contributed by atoms with Crippen LogP contribution in [-0.2, 0) is 27.4 Å². The van der Waals surface area contributed by atoms with E-state index >= 15 is 0 Å². The van der Waals surface area contributed by atoms with Gasteiger partial charge >= 0.3 is 12.1 Å². The molecule has 0 aliphatic carbocycles. The molecule has 0 N–H and O–H groups in total. The molecule has 1 atom stereocenters. The van der Waals surface area contributed by atoms with Crippen LogP contribution < -0.4 is 0 Å². The first kappa shape index (κ1) is 21.1. The summed E-state index contributed by atoms with van der Waals surface area (Å²) in [4.78, 5) is 27.0. The molecule has 0 spiro atoms. The first-order valence-corrected chi connectivity index (χ1v) is 9.79. The summed E-state index contributed by atoms with van der Waals surface area (Å²) in [7, 11) is 1.35. The van der Waals surface area contributed by atoms with E-state index in [0.29, 0.717) is 6.54 Å². The molecular weight excluding hydrogens is 378 g/mol. The Morgan fingerprint density at radius 1 is 0.800 bits per heavy atom. The van der Waals surface area contributed by atoms with Crippen molar-refractivity contribution in [1.29, 1.82) is 0 Å². The van der Waals surface area contributed by atoms with Crippen molar-refractivity contribution in [2.75, 3.05) is 13.7 Å². The van der Waals surface area contributed by atoms with Gasteiger partial charge in [-0.1, -0.05) is 91.0 Å². The zero-order valence-electron chi connectivity index (χ0n) is 16.9. The van der Waals surface area contributed by atoms with Crippen molar-refractivity contribution in [2.45, 2.75) is 19.1 Å². The molecule has 0 saturated carbocycles. The van der Waals surface area contributed by atoms with Crippen LogP contribution in [-0.4, -0.2) is 30.6 Å². The fraction of sp³-hybridized carbons (Fsp3) is 0.200. The Morgan fingerprint density at radius 3 is 1.90 bits per heavy atom. The predicted octanol–water partition coefficient (Wildman–Crippen LogP) is 4.78. The highest BCUT2D eigenvalue weighted by Gasteiger charge is 2.27. The van der Waals surface area contributed by atoms with Gasteiger partial charge in [0.05, 0.1) is 13.0 Å². The molecule has 0 bridgehead atoms. The molecule has 0 radical (unpaired) electrons. The van der Waals surface area contributed by atoms with Gasteiger partial charge in [0.1, 0.15) is 6.61 Å². The van der Waals surface area contributed by atoms with Gasteiger partial charge in [-0.3, -0.25) is 4.79 Å². The number of carbonyl (C=O) groups excluding carboxylic acids is 2. The van der Waals surface area contributed by atoms with Crippen LogP contribution in [0.25, 0.3) is 0 Å². The number of ether oxygens (including phenoxy) is 2. The first-order valence-electron chi connectivity index (χ1n) is 9.79. The maximum atomic E-state index is 13.0. The van der Waals surface area contributed by atoms with Crippen LogP contribution >= 0.6 is 0 Å². The molecule has 0 saturated heterocycles. The molecule has 0 aliphatic rings. The van der Waals surface area contributed by atoms with E-state index in [2.05, 4.69) is 0 Å². The highest BCUT2D eigenvalue weighted by atomic mass is 16.6. The van der Waals surface area contributed by atoms with Crippen LogP contribution in [0.4, 0.5) is 4.79 Å². The molecule has 30 heavy (non-hydrogen) atoms. The lowest BCUT2D eigenvalue weighted by atomic mass is 9.98. The Kier molecular flexibility index (Phi) is 7.61. The van der Waals surface area contributed by atoms with Crippen LogP contribution in [0.15, 0.2) is 91.0 Å². The number of rotatable bonds is 8. The Morgan fingerprint density at radius 2 is 1.33 bits per heavy atom. The second-order valence-electron chi connectivity index (χ2n) is 6.89. The highest BCUT2D eigenvalue weighted by Crippen LogP contribution is 2.21. The summed E-state index contributed by atoms with van der Waals surface area (Å²) in [6, 6.07) is 28.4. The SMILES string of the molecule is COC(=O)[C@H](CN(Cc1ccccc1)C(=O)OCc1ccccc1)c1ccccc1. The molecule has 154 valence electrons. The second kappa shape index (κ2) is 10.8. The van der Waals surface area contributed by atoms with Gasteiger partial charge in [-0.25, -0.2) is 4.79 Å². The van der Waals surface area contributed by atoms with Gasteiger partial charge in [0.2, 0.25) is 0 Å². The Balaban J connectivity index is 1.80. The summed E-state index contributed by atoms with van der Waals surface area (Å²) >= 11 is 0. The molecule has 5 nitrogen and oxygen atoms in total. The fourth-order valence-corrected chi connectivity index (χ4v) is 3.18. The van der Waals surface area contributed by atoms with E-state index in [9.17, 15) is 9.59 Å². The Bertz CT molecular complexity index is 929. The standard InChI is InChI=1S/C25H25NO4/c1-29-24(27)23(22-15-9-4-10-16-22)18-26(17-20-11-5-2-6-12-20)25(28)30-19-21-13-7-3-8-14-21/h2-16,23H,17-19H2,1H3/t23-/m1/s1. The number of esters is 1. The fourth-order valence-electron chi connectivity index (χ4n) is 3.18. The molecule has 0 fully saturated rings. The number of hydrogen-bond donors (Lipinski definition) is 0. The quantitative estimate of drug-likeness (QED) is 0.508. The van der Waals surface area contributed by atoms with E-state index in [1.54, 1.807) is 4.90 Å². The third kappa shape index (κ3) is 5.95.